The Balaban J connectivity index is 1.26. The largest absolute Gasteiger partial charge is 0.419 e. The molecule has 3 heterocycles. The summed E-state index contributed by atoms with van der Waals surface area (Å²) in [4.78, 5) is 6.75. The molecule has 2 aromatic carbocycles. The number of fused-ring (bicyclic) bond motifs is 1. The minimum absolute atomic E-state index is 0.248. The summed E-state index contributed by atoms with van der Waals surface area (Å²) in [6.07, 6.45) is 1.70. The second-order valence-corrected chi connectivity index (χ2v) is 10.4. The molecule has 8 nitrogen and oxygen atoms in total. The smallest absolute Gasteiger partial charge is 0.247 e. The van der Waals surface area contributed by atoms with E-state index in [-0.39, 0.29) is 4.90 Å². The Hall–Kier alpha value is -2.85. The maximum Gasteiger partial charge on any atom is 0.247 e. The summed E-state index contributed by atoms with van der Waals surface area (Å²) in [6.45, 7) is 4.29. The van der Waals surface area contributed by atoms with Crippen LogP contribution in [0.15, 0.2) is 64.0 Å². The molecule has 0 atom stereocenters. The minimum atomic E-state index is -3.65. The lowest BCUT2D eigenvalue weighted by Gasteiger charge is -2.33. The first kappa shape index (κ1) is 22.0. The maximum absolute atomic E-state index is 13.4. The van der Waals surface area contributed by atoms with Gasteiger partial charge in [0.05, 0.1) is 12.1 Å². The van der Waals surface area contributed by atoms with Crippen LogP contribution in [-0.4, -0.2) is 59.0 Å². The summed E-state index contributed by atoms with van der Waals surface area (Å²) in [5, 5.41) is 9.71. The molecule has 1 aliphatic rings. The van der Waals surface area contributed by atoms with Crippen LogP contribution in [0, 0.1) is 6.92 Å². The molecule has 0 saturated carbocycles. The number of sulfonamides is 1. The Morgan fingerprint density at radius 3 is 2.55 bits per heavy atom. The zero-order valence-corrected chi connectivity index (χ0v) is 19.6. The molecule has 5 rings (SSSR count). The van der Waals surface area contributed by atoms with Crippen molar-refractivity contribution < 1.29 is 12.8 Å². The van der Waals surface area contributed by atoms with E-state index in [1.54, 1.807) is 30.5 Å². The van der Waals surface area contributed by atoms with Crippen LogP contribution >= 0.6 is 11.6 Å². The molecule has 0 radical (unpaired) electrons. The van der Waals surface area contributed by atoms with Gasteiger partial charge < -0.3 is 4.42 Å². The Labute approximate surface area is 196 Å². The van der Waals surface area contributed by atoms with Gasteiger partial charge in [-0.2, -0.15) is 4.31 Å². The maximum atomic E-state index is 13.4. The molecule has 33 heavy (non-hydrogen) atoms. The lowest BCUT2D eigenvalue weighted by atomic mass is 10.2. The zero-order chi connectivity index (χ0) is 23.0. The molecule has 1 aliphatic heterocycles. The lowest BCUT2D eigenvalue weighted by Crippen LogP contribution is -2.48. The number of rotatable bonds is 5. The van der Waals surface area contributed by atoms with Crippen LogP contribution in [0.1, 0.15) is 11.5 Å². The number of benzene rings is 2. The molecule has 2 aromatic heterocycles. The topological polar surface area (TPSA) is 92.4 Å². The summed E-state index contributed by atoms with van der Waals surface area (Å²) in [5.74, 6) is 0.923. The average Bonchev–Trinajstić information content (AvgIpc) is 3.27. The number of halogens is 1. The van der Waals surface area contributed by atoms with Gasteiger partial charge in [0.15, 0.2) is 0 Å². The summed E-state index contributed by atoms with van der Waals surface area (Å²) in [6, 6.07) is 14.4. The normalized spacial score (nSPS) is 15.8. The Morgan fingerprint density at radius 1 is 1.03 bits per heavy atom. The molecule has 0 aliphatic carbocycles. The first-order chi connectivity index (χ1) is 15.9. The molecular weight excluding hydrogens is 462 g/mol. The van der Waals surface area contributed by atoms with E-state index in [1.165, 1.54) is 4.31 Å². The molecule has 0 spiro atoms. The lowest BCUT2D eigenvalue weighted by molar-refractivity contribution is 0.168. The molecule has 0 unspecified atom stereocenters. The van der Waals surface area contributed by atoms with Crippen molar-refractivity contribution in [1.82, 2.24) is 24.4 Å². The third-order valence-electron chi connectivity index (χ3n) is 5.68. The fraction of sp³-hybridized carbons (Fsp3) is 0.261. The van der Waals surface area contributed by atoms with Crippen molar-refractivity contribution >= 4 is 32.5 Å². The van der Waals surface area contributed by atoms with Crippen molar-refractivity contribution in [2.75, 3.05) is 26.2 Å². The molecular formula is C23H22ClN5O3S. The van der Waals surface area contributed by atoms with Crippen LogP contribution < -0.4 is 0 Å². The third-order valence-corrected chi connectivity index (χ3v) is 7.86. The van der Waals surface area contributed by atoms with E-state index in [4.69, 9.17) is 16.0 Å². The van der Waals surface area contributed by atoms with Gasteiger partial charge in [0.2, 0.25) is 21.8 Å². The minimum Gasteiger partial charge on any atom is -0.419 e. The van der Waals surface area contributed by atoms with Gasteiger partial charge in [0.25, 0.3) is 0 Å². The van der Waals surface area contributed by atoms with Crippen molar-refractivity contribution in [3.8, 4) is 11.5 Å². The van der Waals surface area contributed by atoms with E-state index < -0.39 is 10.0 Å². The monoisotopic (exact) mass is 483 g/mol. The third kappa shape index (κ3) is 4.49. The SMILES string of the molecule is Cc1cnc2c(S(=O)(=O)N3CCN(Cc4nnc(-c5ccc(Cl)cc5)o4)CC3)cccc2c1. The highest BCUT2D eigenvalue weighted by Crippen LogP contribution is 2.26. The molecule has 0 N–H and O–H groups in total. The molecule has 170 valence electrons. The number of pyridine rings is 1. The number of aromatic nitrogens is 3. The van der Waals surface area contributed by atoms with Crippen molar-refractivity contribution in [2.45, 2.75) is 18.4 Å². The van der Waals surface area contributed by atoms with Crippen molar-refractivity contribution in [3.63, 3.8) is 0 Å². The van der Waals surface area contributed by atoms with Gasteiger partial charge >= 0.3 is 0 Å². The fourth-order valence-electron chi connectivity index (χ4n) is 3.94. The van der Waals surface area contributed by atoms with Crippen LogP contribution in [0.2, 0.25) is 5.02 Å². The summed E-state index contributed by atoms with van der Waals surface area (Å²) in [7, 11) is -3.65. The number of nitrogens with zero attached hydrogens (tertiary/aromatic N) is 5. The molecule has 10 heteroatoms. The Morgan fingerprint density at radius 2 is 1.79 bits per heavy atom. The van der Waals surface area contributed by atoms with Crippen molar-refractivity contribution in [3.05, 3.63) is 71.2 Å². The predicted molar refractivity (Wildman–Crippen MR) is 125 cm³/mol. The van der Waals surface area contributed by atoms with Crippen LogP contribution in [-0.2, 0) is 16.6 Å². The Bertz CT molecular complexity index is 1400. The predicted octanol–water partition coefficient (Wildman–Crippen LogP) is 3.75. The number of para-hydroxylation sites is 1. The highest BCUT2D eigenvalue weighted by atomic mass is 35.5. The summed E-state index contributed by atoms with van der Waals surface area (Å²) < 4.78 is 34.0. The van der Waals surface area contributed by atoms with E-state index in [2.05, 4.69) is 20.1 Å². The van der Waals surface area contributed by atoms with Crippen LogP contribution in [0.5, 0.6) is 0 Å². The average molecular weight is 484 g/mol. The van der Waals surface area contributed by atoms with E-state index in [1.807, 2.05) is 31.2 Å². The van der Waals surface area contributed by atoms with Crippen molar-refractivity contribution in [1.29, 1.82) is 0 Å². The van der Waals surface area contributed by atoms with Crippen LogP contribution in [0.4, 0.5) is 0 Å². The second kappa shape index (κ2) is 8.83. The number of piperazine rings is 1. The molecule has 1 saturated heterocycles. The van der Waals surface area contributed by atoms with E-state index in [9.17, 15) is 8.42 Å². The standard InChI is InChI=1S/C23H22ClN5O3S/c1-16-13-18-3-2-4-20(22(18)25-14-16)33(30,31)29-11-9-28(10-12-29)15-21-26-27-23(32-21)17-5-7-19(24)8-6-17/h2-8,13-14H,9-12,15H2,1H3. The number of hydrogen-bond donors (Lipinski definition) is 0. The van der Waals surface area contributed by atoms with Gasteiger partial charge in [-0.05, 0) is 48.9 Å². The van der Waals surface area contributed by atoms with Crippen molar-refractivity contribution in [2.24, 2.45) is 0 Å². The number of hydrogen-bond acceptors (Lipinski definition) is 7. The quantitative estimate of drug-likeness (QED) is 0.426. The van der Waals surface area contributed by atoms with E-state index >= 15 is 0 Å². The van der Waals surface area contributed by atoms with Gasteiger partial charge in [-0.25, -0.2) is 8.42 Å². The van der Waals surface area contributed by atoms with Gasteiger partial charge in [0, 0.05) is 48.3 Å². The zero-order valence-electron chi connectivity index (χ0n) is 18.0. The Kier molecular flexibility index (Phi) is 5.88. The molecule has 1 fully saturated rings. The van der Waals surface area contributed by atoms with E-state index in [0.29, 0.717) is 55.0 Å². The number of aryl methyl sites for hydroxylation is 1. The molecule has 0 bridgehead atoms. The molecule has 0 amide bonds. The second-order valence-electron chi connectivity index (χ2n) is 8.03. The van der Waals surface area contributed by atoms with Gasteiger partial charge in [0.1, 0.15) is 4.90 Å². The van der Waals surface area contributed by atoms with E-state index in [0.717, 1.165) is 16.5 Å². The van der Waals surface area contributed by atoms with Gasteiger partial charge in [-0.3, -0.25) is 9.88 Å². The first-order valence-corrected chi connectivity index (χ1v) is 12.4. The first-order valence-electron chi connectivity index (χ1n) is 10.6. The van der Waals surface area contributed by atoms with Crippen LogP contribution in [0.3, 0.4) is 0 Å². The highest BCUT2D eigenvalue weighted by Gasteiger charge is 2.30. The fourth-order valence-corrected chi connectivity index (χ4v) is 5.65. The summed E-state index contributed by atoms with van der Waals surface area (Å²) >= 11 is 5.93. The van der Waals surface area contributed by atoms with Crippen LogP contribution in [0.25, 0.3) is 22.4 Å². The van der Waals surface area contributed by atoms with Gasteiger partial charge in [-0.15, -0.1) is 10.2 Å². The molecule has 4 aromatic rings. The van der Waals surface area contributed by atoms with Gasteiger partial charge in [-0.1, -0.05) is 23.7 Å². The highest BCUT2D eigenvalue weighted by molar-refractivity contribution is 7.89. The summed E-state index contributed by atoms with van der Waals surface area (Å²) in [5.41, 5.74) is 2.30.